The third kappa shape index (κ3) is 5.71. The molecule has 1 unspecified atom stereocenters. The second-order valence-electron chi connectivity index (χ2n) is 6.38. The van der Waals surface area contributed by atoms with Gasteiger partial charge < -0.3 is 5.32 Å². The summed E-state index contributed by atoms with van der Waals surface area (Å²) in [6.07, 6.45) is 5.63. The summed E-state index contributed by atoms with van der Waals surface area (Å²) in [5, 5.41) is 3.59. The SMILES string of the molecule is CCCCC(CC)(CNC(C)C)Cc1cccc(F)c1Br. The van der Waals surface area contributed by atoms with E-state index < -0.39 is 0 Å². The van der Waals surface area contributed by atoms with Gasteiger partial charge >= 0.3 is 0 Å². The highest BCUT2D eigenvalue weighted by molar-refractivity contribution is 9.10. The molecule has 0 amide bonds. The summed E-state index contributed by atoms with van der Waals surface area (Å²) in [6, 6.07) is 5.85. The molecule has 3 heteroatoms. The molecule has 120 valence electrons. The van der Waals surface area contributed by atoms with Crippen LogP contribution >= 0.6 is 15.9 Å². The fraction of sp³-hybridized carbons (Fsp3) is 0.667. The second-order valence-corrected chi connectivity index (χ2v) is 7.18. The highest BCUT2D eigenvalue weighted by Gasteiger charge is 2.29. The standard InChI is InChI=1S/C18H29BrFN/c1-5-7-11-18(6-2,13-21-14(3)4)12-15-9-8-10-16(20)17(15)19/h8-10,14,21H,5-7,11-13H2,1-4H3. The van der Waals surface area contributed by atoms with E-state index in [1.165, 1.54) is 25.3 Å². The summed E-state index contributed by atoms with van der Waals surface area (Å²) in [5.74, 6) is -0.162. The Morgan fingerprint density at radius 3 is 2.57 bits per heavy atom. The summed E-state index contributed by atoms with van der Waals surface area (Å²) in [7, 11) is 0. The predicted molar refractivity (Wildman–Crippen MR) is 93.2 cm³/mol. The van der Waals surface area contributed by atoms with E-state index in [1.807, 2.05) is 12.1 Å². The lowest BCUT2D eigenvalue weighted by Gasteiger charge is -2.35. The molecule has 0 radical (unpaired) electrons. The fourth-order valence-corrected chi connectivity index (χ4v) is 3.13. The van der Waals surface area contributed by atoms with Crippen LogP contribution in [0.4, 0.5) is 4.39 Å². The van der Waals surface area contributed by atoms with Gasteiger partial charge in [-0.3, -0.25) is 0 Å². The van der Waals surface area contributed by atoms with E-state index >= 15 is 0 Å². The minimum atomic E-state index is -0.162. The van der Waals surface area contributed by atoms with Crippen LogP contribution in [-0.2, 0) is 6.42 Å². The zero-order valence-electron chi connectivity index (χ0n) is 13.8. The van der Waals surface area contributed by atoms with Gasteiger partial charge in [-0.15, -0.1) is 0 Å². The van der Waals surface area contributed by atoms with Crippen molar-refractivity contribution in [1.82, 2.24) is 5.32 Å². The van der Waals surface area contributed by atoms with E-state index in [0.717, 1.165) is 24.9 Å². The maximum atomic E-state index is 13.8. The number of benzene rings is 1. The van der Waals surface area contributed by atoms with Crippen molar-refractivity contribution >= 4 is 15.9 Å². The predicted octanol–water partition coefficient (Wildman–Crippen LogP) is 5.72. The molecule has 0 aliphatic rings. The molecule has 1 N–H and O–H groups in total. The summed E-state index contributed by atoms with van der Waals surface area (Å²) >= 11 is 3.41. The van der Waals surface area contributed by atoms with Crippen LogP contribution < -0.4 is 5.32 Å². The first-order chi connectivity index (χ1) is 9.94. The highest BCUT2D eigenvalue weighted by atomic mass is 79.9. The molecule has 1 rings (SSSR count). The average Bonchev–Trinajstić information content (AvgIpc) is 2.46. The number of unbranched alkanes of at least 4 members (excludes halogenated alkanes) is 1. The summed E-state index contributed by atoms with van der Waals surface area (Å²) in [4.78, 5) is 0. The second kappa shape index (κ2) is 8.89. The number of hydrogen-bond donors (Lipinski definition) is 1. The van der Waals surface area contributed by atoms with E-state index in [-0.39, 0.29) is 11.2 Å². The van der Waals surface area contributed by atoms with Gasteiger partial charge in [0.25, 0.3) is 0 Å². The Labute approximate surface area is 137 Å². The van der Waals surface area contributed by atoms with E-state index in [1.54, 1.807) is 0 Å². The van der Waals surface area contributed by atoms with Crippen molar-refractivity contribution in [2.24, 2.45) is 5.41 Å². The van der Waals surface area contributed by atoms with E-state index in [2.05, 4.69) is 48.9 Å². The summed E-state index contributed by atoms with van der Waals surface area (Å²) in [5.41, 5.74) is 1.29. The van der Waals surface area contributed by atoms with Crippen LogP contribution in [0.2, 0.25) is 0 Å². The first-order valence-corrected chi connectivity index (χ1v) is 8.89. The van der Waals surface area contributed by atoms with Gasteiger partial charge in [0.15, 0.2) is 0 Å². The van der Waals surface area contributed by atoms with Gasteiger partial charge in [-0.25, -0.2) is 4.39 Å². The van der Waals surface area contributed by atoms with Gasteiger partial charge in [0.2, 0.25) is 0 Å². The zero-order valence-corrected chi connectivity index (χ0v) is 15.4. The molecule has 0 saturated heterocycles. The van der Waals surface area contributed by atoms with E-state index in [4.69, 9.17) is 0 Å². The van der Waals surface area contributed by atoms with Crippen LogP contribution in [0.5, 0.6) is 0 Å². The fourth-order valence-electron chi connectivity index (χ4n) is 2.73. The Balaban J connectivity index is 2.95. The highest BCUT2D eigenvalue weighted by Crippen LogP contribution is 2.35. The summed E-state index contributed by atoms with van der Waals surface area (Å²) < 4.78 is 14.4. The molecule has 0 fully saturated rings. The average molecular weight is 358 g/mol. The van der Waals surface area contributed by atoms with Crippen molar-refractivity contribution in [1.29, 1.82) is 0 Å². The lowest BCUT2D eigenvalue weighted by atomic mass is 9.75. The number of halogens is 2. The Morgan fingerprint density at radius 1 is 1.29 bits per heavy atom. The molecular formula is C18H29BrFN. The maximum absolute atomic E-state index is 13.8. The van der Waals surface area contributed by atoms with Gasteiger partial charge in [-0.2, -0.15) is 0 Å². The molecule has 1 aromatic carbocycles. The lowest BCUT2D eigenvalue weighted by molar-refractivity contribution is 0.222. The molecule has 0 heterocycles. The lowest BCUT2D eigenvalue weighted by Crippen LogP contribution is -2.39. The van der Waals surface area contributed by atoms with Crippen molar-refractivity contribution < 1.29 is 4.39 Å². The third-order valence-electron chi connectivity index (χ3n) is 4.29. The molecular weight excluding hydrogens is 329 g/mol. The zero-order chi connectivity index (χ0) is 15.9. The quantitative estimate of drug-likeness (QED) is 0.596. The van der Waals surface area contributed by atoms with Crippen molar-refractivity contribution in [3.05, 3.63) is 34.1 Å². The molecule has 1 nitrogen and oxygen atoms in total. The van der Waals surface area contributed by atoms with Crippen LogP contribution in [0.1, 0.15) is 58.9 Å². The van der Waals surface area contributed by atoms with E-state index in [0.29, 0.717) is 10.5 Å². The summed E-state index contributed by atoms with van der Waals surface area (Å²) in [6.45, 7) is 9.83. The molecule has 0 saturated carbocycles. The van der Waals surface area contributed by atoms with Crippen LogP contribution in [0, 0.1) is 11.2 Å². The minimum Gasteiger partial charge on any atom is -0.314 e. The van der Waals surface area contributed by atoms with Crippen molar-refractivity contribution in [3.63, 3.8) is 0 Å². The molecule has 0 aliphatic heterocycles. The van der Waals surface area contributed by atoms with Crippen molar-refractivity contribution in [2.45, 2.75) is 65.8 Å². The number of rotatable bonds is 9. The van der Waals surface area contributed by atoms with Crippen LogP contribution in [-0.4, -0.2) is 12.6 Å². The Kier molecular flexibility index (Phi) is 7.89. The van der Waals surface area contributed by atoms with Gasteiger partial charge in [0.05, 0.1) is 4.47 Å². The normalized spacial score (nSPS) is 14.4. The molecule has 1 aromatic rings. The molecule has 21 heavy (non-hydrogen) atoms. The number of nitrogens with one attached hydrogen (secondary N) is 1. The topological polar surface area (TPSA) is 12.0 Å². The van der Waals surface area contributed by atoms with Gasteiger partial charge in [-0.05, 0) is 52.2 Å². The third-order valence-corrected chi connectivity index (χ3v) is 5.18. The first kappa shape index (κ1) is 18.6. The van der Waals surface area contributed by atoms with Crippen LogP contribution in [0.25, 0.3) is 0 Å². The minimum absolute atomic E-state index is 0.162. The Morgan fingerprint density at radius 2 is 2.00 bits per heavy atom. The largest absolute Gasteiger partial charge is 0.314 e. The van der Waals surface area contributed by atoms with Gasteiger partial charge in [-0.1, -0.05) is 52.7 Å². The van der Waals surface area contributed by atoms with Crippen LogP contribution in [0.3, 0.4) is 0 Å². The Bertz CT molecular complexity index is 433. The molecule has 0 spiro atoms. The first-order valence-electron chi connectivity index (χ1n) is 8.10. The smallest absolute Gasteiger partial charge is 0.137 e. The monoisotopic (exact) mass is 357 g/mol. The molecule has 0 bridgehead atoms. The van der Waals surface area contributed by atoms with Crippen molar-refractivity contribution in [2.75, 3.05) is 6.54 Å². The van der Waals surface area contributed by atoms with Gasteiger partial charge in [0, 0.05) is 12.6 Å². The van der Waals surface area contributed by atoms with E-state index in [9.17, 15) is 4.39 Å². The Hall–Kier alpha value is -0.410. The molecule has 1 atom stereocenters. The maximum Gasteiger partial charge on any atom is 0.137 e. The molecule has 0 aliphatic carbocycles. The van der Waals surface area contributed by atoms with Crippen molar-refractivity contribution in [3.8, 4) is 0 Å². The number of hydrogen-bond acceptors (Lipinski definition) is 1. The molecule has 0 aromatic heterocycles. The van der Waals surface area contributed by atoms with Gasteiger partial charge in [0.1, 0.15) is 5.82 Å². The van der Waals surface area contributed by atoms with Crippen LogP contribution in [0.15, 0.2) is 22.7 Å².